The molecular weight excluding hydrogens is 333 g/mol. The molecule has 8 heteroatoms. The Hall–Kier alpha value is -1.69. The first-order valence-corrected chi connectivity index (χ1v) is 6.61. The number of aromatic nitrogens is 5. The number of benzene rings is 1. The van der Waals surface area contributed by atoms with Crippen molar-refractivity contribution in [3.05, 3.63) is 58.3 Å². The Morgan fingerprint density at radius 2 is 1.81 bits per heavy atom. The summed E-state index contributed by atoms with van der Waals surface area (Å²) in [4.78, 5) is 3.98. The van der Waals surface area contributed by atoms with Crippen LogP contribution in [0.3, 0.4) is 0 Å². The molecule has 0 saturated heterocycles. The van der Waals surface area contributed by atoms with Crippen molar-refractivity contribution >= 4 is 35.6 Å². The van der Waals surface area contributed by atoms with Gasteiger partial charge >= 0.3 is 0 Å². The molecule has 0 aliphatic heterocycles. The van der Waals surface area contributed by atoms with Gasteiger partial charge in [-0.25, -0.2) is 4.68 Å². The van der Waals surface area contributed by atoms with Gasteiger partial charge in [-0.15, -0.1) is 17.5 Å². The lowest BCUT2D eigenvalue weighted by atomic mass is 10.2. The highest BCUT2D eigenvalue weighted by Gasteiger charge is 2.14. The summed E-state index contributed by atoms with van der Waals surface area (Å²) >= 11 is 12.2. The third kappa shape index (κ3) is 3.32. The molecule has 2 heterocycles. The van der Waals surface area contributed by atoms with Gasteiger partial charge in [0.1, 0.15) is 0 Å². The fourth-order valence-electron chi connectivity index (χ4n) is 1.84. The molecule has 21 heavy (non-hydrogen) atoms. The SMILES string of the molecule is Cl.Clc1cccc(-c2nnnn2Cc2ccncc2)c1Cl. The van der Waals surface area contributed by atoms with E-state index in [1.807, 2.05) is 24.3 Å². The first kappa shape index (κ1) is 15.7. The molecule has 0 aliphatic rings. The maximum absolute atomic E-state index is 6.21. The predicted octanol–water partition coefficient (Wildman–Crippen LogP) is 3.51. The Morgan fingerprint density at radius 1 is 1.05 bits per heavy atom. The first-order valence-electron chi connectivity index (χ1n) is 5.85. The van der Waals surface area contributed by atoms with Crippen molar-refractivity contribution in [3.8, 4) is 11.4 Å². The number of nitrogens with zero attached hydrogens (tertiary/aromatic N) is 5. The van der Waals surface area contributed by atoms with Crippen molar-refractivity contribution in [1.29, 1.82) is 0 Å². The highest BCUT2D eigenvalue weighted by Crippen LogP contribution is 2.32. The van der Waals surface area contributed by atoms with E-state index >= 15 is 0 Å². The van der Waals surface area contributed by atoms with Crippen molar-refractivity contribution in [3.63, 3.8) is 0 Å². The van der Waals surface area contributed by atoms with Crippen molar-refractivity contribution in [2.75, 3.05) is 0 Å². The lowest BCUT2D eigenvalue weighted by molar-refractivity contribution is 0.653. The zero-order chi connectivity index (χ0) is 13.9. The van der Waals surface area contributed by atoms with Gasteiger partial charge in [0, 0.05) is 18.0 Å². The molecule has 0 bridgehead atoms. The molecule has 0 radical (unpaired) electrons. The van der Waals surface area contributed by atoms with Crippen LogP contribution in [0.5, 0.6) is 0 Å². The van der Waals surface area contributed by atoms with Gasteiger partial charge in [0.05, 0.1) is 16.6 Å². The minimum absolute atomic E-state index is 0. The number of rotatable bonds is 3. The van der Waals surface area contributed by atoms with E-state index in [9.17, 15) is 0 Å². The molecule has 3 rings (SSSR count). The fourth-order valence-corrected chi connectivity index (χ4v) is 2.23. The van der Waals surface area contributed by atoms with Gasteiger partial charge in [-0.2, -0.15) is 0 Å². The number of halogens is 3. The summed E-state index contributed by atoms with van der Waals surface area (Å²) in [7, 11) is 0. The molecule has 1 aromatic carbocycles. The number of tetrazole rings is 1. The van der Waals surface area contributed by atoms with Gasteiger partial charge in [0.2, 0.25) is 0 Å². The molecule has 0 atom stereocenters. The Kier molecular flexibility index (Phi) is 5.12. The van der Waals surface area contributed by atoms with E-state index in [1.54, 1.807) is 23.1 Å². The van der Waals surface area contributed by atoms with Crippen LogP contribution in [0.25, 0.3) is 11.4 Å². The molecule has 5 nitrogen and oxygen atoms in total. The first-order chi connectivity index (χ1) is 9.75. The Morgan fingerprint density at radius 3 is 2.57 bits per heavy atom. The Bertz CT molecular complexity index is 730. The summed E-state index contributed by atoms with van der Waals surface area (Å²) in [6, 6.07) is 9.19. The van der Waals surface area contributed by atoms with Crippen LogP contribution in [-0.4, -0.2) is 25.2 Å². The van der Waals surface area contributed by atoms with Crippen molar-refractivity contribution in [1.82, 2.24) is 25.2 Å². The zero-order valence-electron chi connectivity index (χ0n) is 10.6. The van der Waals surface area contributed by atoms with Crippen LogP contribution < -0.4 is 0 Å². The zero-order valence-corrected chi connectivity index (χ0v) is 13.0. The predicted molar refractivity (Wildman–Crippen MR) is 83.9 cm³/mol. The Labute approximate surface area is 137 Å². The largest absolute Gasteiger partial charge is 0.265 e. The van der Waals surface area contributed by atoms with Crippen LogP contribution in [0, 0.1) is 0 Å². The van der Waals surface area contributed by atoms with Gasteiger partial charge in [-0.05, 0) is 40.3 Å². The summed E-state index contributed by atoms with van der Waals surface area (Å²) in [5.41, 5.74) is 1.75. The number of hydrogen-bond acceptors (Lipinski definition) is 4. The minimum atomic E-state index is 0. The van der Waals surface area contributed by atoms with Gasteiger partial charge in [-0.3, -0.25) is 4.98 Å². The fraction of sp³-hybridized carbons (Fsp3) is 0.0769. The molecule has 0 N–H and O–H groups in total. The van der Waals surface area contributed by atoms with Crippen LogP contribution in [0.15, 0.2) is 42.7 Å². The van der Waals surface area contributed by atoms with Crippen molar-refractivity contribution < 1.29 is 0 Å². The summed E-state index contributed by atoms with van der Waals surface area (Å²) in [5.74, 6) is 0.578. The van der Waals surface area contributed by atoms with E-state index in [0.717, 1.165) is 5.56 Å². The average molecular weight is 343 g/mol. The summed E-state index contributed by atoms with van der Waals surface area (Å²) in [6.07, 6.45) is 3.46. The van der Waals surface area contributed by atoms with E-state index in [-0.39, 0.29) is 12.4 Å². The third-order valence-corrected chi connectivity index (χ3v) is 3.62. The topological polar surface area (TPSA) is 56.5 Å². The molecule has 0 amide bonds. The molecule has 0 unspecified atom stereocenters. The molecule has 3 aromatic rings. The maximum atomic E-state index is 6.21. The van der Waals surface area contributed by atoms with E-state index in [2.05, 4.69) is 20.5 Å². The lowest BCUT2D eigenvalue weighted by Gasteiger charge is -2.07. The molecule has 0 fully saturated rings. The van der Waals surface area contributed by atoms with Crippen LogP contribution >= 0.6 is 35.6 Å². The highest BCUT2D eigenvalue weighted by molar-refractivity contribution is 6.43. The third-order valence-electron chi connectivity index (χ3n) is 2.81. The summed E-state index contributed by atoms with van der Waals surface area (Å²) in [5, 5.41) is 12.6. The van der Waals surface area contributed by atoms with Crippen LogP contribution in [0.1, 0.15) is 5.56 Å². The second kappa shape index (κ2) is 6.85. The van der Waals surface area contributed by atoms with Crippen LogP contribution in [0.2, 0.25) is 10.0 Å². The van der Waals surface area contributed by atoms with E-state index in [1.165, 1.54) is 0 Å². The quantitative estimate of drug-likeness (QED) is 0.731. The monoisotopic (exact) mass is 341 g/mol. The van der Waals surface area contributed by atoms with Gasteiger partial charge in [-0.1, -0.05) is 29.3 Å². The maximum Gasteiger partial charge on any atom is 0.183 e. The minimum Gasteiger partial charge on any atom is -0.265 e. The molecule has 0 aliphatic carbocycles. The molecule has 0 spiro atoms. The number of hydrogen-bond donors (Lipinski definition) is 0. The van der Waals surface area contributed by atoms with Crippen LogP contribution in [-0.2, 0) is 6.54 Å². The molecule has 0 saturated carbocycles. The Balaban J connectivity index is 0.00000161. The summed E-state index contributed by atoms with van der Waals surface area (Å²) in [6.45, 7) is 0.535. The normalized spacial score (nSPS) is 10.2. The average Bonchev–Trinajstić information content (AvgIpc) is 2.91. The van der Waals surface area contributed by atoms with Gasteiger partial charge in [0.25, 0.3) is 0 Å². The molecule has 108 valence electrons. The second-order valence-electron chi connectivity index (χ2n) is 4.12. The van der Waals surface area contributed by atoms with E-state index in [0.29, 0.717) is 28.0 Å². The molecular formula is C13H10Cl3N5. The van der Waals surface area contributed by atoms with E-state index in [4.69, 9.17) is 23.2 Å². The second-order valence-corrected chi connectivity index (χ2v) is 4.90. The molecule has 2 aromatic heterocycles. The standard InChI is InChI=1S/C13H9Cl2N5.ClH/c14-11-3-1-2-10(12(11)15)13-17-18-19-20(13)8-9-4-6-16-7-5-9;/h1-7H,8H2;1H. The van der Waals surface area contributed by atoms with Gasteiger partial charge in [0.15, 0.2) is 5.82 Å². The number of pyridine rings is 1. The van der Waals surface area contributed by atoms with Gasteiger partial charge < -0.3 is 0 Å². The van der Waals surface area contributed by atoms with Crippen molar-refractivity contribution in [2.45, 2.75) is 6.54 Å². The lowest BCUT2D eigenvalue weighted by Crippen LogP contribution is -2.04. The van der Waals surface area contributed by atoms with E-state index < -0.39 is 0 Å². The van der Waals surface area contributed by atoms with Crippen molar-refractivity contribution in [2.24, 2.45) is 0 Å². The summed E-state index contributed by atoms with van der Waals surface area (Å²) < 4.78 is 1.67. The highest BCUT2D eigenvalue weighted by atomic mass is 35.5. The smallest absolute Gasteiger partial charge is 0.183 e. The van der Waals surface area contributed by atoms with Crippen LogP contribution in [0.4, 0.5) is 0 Å².